The highest BCUT2D eigenvalue weighted by atomic mass is 16.6. The third kappa shape index (κ3) is 4.14. The van der Waals surface area contributed by atoms with Crippen molar-refractivity contribution in [1.82, 2.24) is 0 Å². The predicted molar refractivity (Wildman–Crippen MR) is 67.0 cm³/mol. The van der Waals surface area contributed by atoms with Crippen molar-refractivity contribution < 1.29 is 23.8 Å². The predicted octanol–water partition coefficient (Wildman–Crippen LogP) is 1.85. The Labute approximate surface area is 108 Å². The number of esters is 2. The molecule has 0 N–H and O–H groups in total. The highest BCUT2D eigenvalue weighted by molar-refractivity contribution is 6.03. The molecule has 5 nitrogen and oxygen atoms in total. The molecule has 0 heterocycles. The summed E-state index contributed by atoms with van der Waals surface area (Å²) in [6.45, 7) is 10.3. The van der Waals surface area contributed by atoms with Crippen LogP contribution >= 0.6 is 0 Å². The van der Waals surface area contributed by atoms with Crippen LogP contribution in [0.5, 0.6) is 0 Å². The second-order valence-corrected chi connectivity index (χ2v) is 4.60. The lowest BCUT2D eigenvalue weighted by Gasteiger charge is -2.34. The molecule has 0 saturated heterocycles. The number of hydrogen-bond acceptors (Lipinski definition) is 5. The summed E-state index contributed by atoms with van der Waals surface area (Å²) < 4.78 is 15.1. The third-order valence-corrected chi connectivity index (χ3v) is 2.36. The number of ether oxygens (including phenoxy) is 3. The molecule has 0 spiro atoms. The Balaban J connectivity index is 5.17. The first-order chi connectivity index (χ1) is 8.23. The van der Waals surface area contributed by atoms with E-state index in [1.165, 1.54) is 14.0 Å². The topological polar surface area (TPSA) is 61.8 Å². The van der Waals surface area contributed by atoms with Crippen LogP contribution in [0, 0.1) is 0 Å². The molecule has 0 aliphatic carbocycles. The number of methoxy groups -OCH3 is 1. The minimum Gasteiger partial charge on any atom is -0.466 e. The van der Waals surface area contributed by atoms with E-state index in [0.717, 1.165) is 0 Å². The van der Waals surface area contributed by atoms with Gasteiger partial charge in [0.15, 0.2) is 0 Å². The zero-order valence-electron chi connectivity index (χ0n) is 11.7. The van der Waals surface area contributed by atoms with E-state index >= 15 is 0 Å². The summed E-state index contributed by atoms with van der Waals surface area (Å²) in [6.07, 6.45) is 2.14. The van der Waals surface area contributed by atoms with Gasteiger partial charge < -0.3 is 14.2 Å². The van der Waals surface area contributed by atoms with Gasteiger partial charge in [-0.2, -0.15) is 0 Å². The normalized spacial score (nSPS) is 14.5. The Hall–Kier alpha value is -1.36. The molecule has 1 atom stereocenters. The minimum absolute atomic E-state index is 0.163. The maximum atomic E-state index is 11.9. The van der Waals surface area contributed by atoms with Gasteiger partial charge in [0.25, 0.3) is 5.60 Å². The molecule has 0 bridgehead atoms. The Morgan fingerprint density at radius 2 is 1.78 bits per heavy atom. The molecular weight excluding hydrogens is 236 g/mol. The highest BCUT2D eigenvalue weighted by Crippen LogP contribution is 2.26. The van der Waals surface area contributed by atoms with Gasteiger partial charge >= 0.3 is 11.9 Å². The fourth-order valence-corrected chi connectivity index (χ4v) is 1.57. The molecule has 1 unspecified atom stereocenters. The van der Waals surface area contributed by atoms with Gasteiger partial charge in [0.2, 0.25) is 0 Å². The summed E-state index contributed by atoms with van der Waals surface area (Å²) >= 11 is 0. The quantitative estimate of drug-likeness (QED) is 0.396. The molecule has 104 valence electrons. The van der Waals surface area contributed by atoms with Gasteiger partial charge in [-0.25, -0.2) is 9.59 Å². The van der Waals surface area contributed by atoms with E-state index in [1.807, 2.05) is 0 Å². The number of carbonyl (C=O) groups is 2. The monoisotopic (exact) mass is 258 g/mol. The van der Waals surface area contributed by atoms with Crippen molar-refractivity contribution in [3.8, 4) is 0 Å². The molecule has 5 heteroatoms. The molecule has 0 aromatic rings. The van der Waals surface area contributed by atoms with Crippen molar-refractivity contribution >= 4 is 11.9 Å². The summed E-state index contributed by atoms with van der Waals surface area (Å²) in [5.41, 5.74) is -2.49. The molecule has 0 aliphatic heterocycles. The summed E-state index contributed by atoms with van der Waals surface area (Å²) in [4.78, 5) is 23.6. The average Bonchev–Trinajstić information content (AvgIpc) is 2.27. The van der Waals surface area contributed by atoms with E-state index in [1.54, 1.807) is 26.8 Å². The smallest absolute Gasteiger partial charge is 0.350 e. The van der Waals surface area contributed by atoms with E-state index in [9.17, 15) is 9.59 Å². The molecule has 0 rings (SSSR count). The van der Waals surface area contributed by atoms with Gasteiger partial charge in [-0.15, -0.1) is 6.58 Å². The Kier molecular flexibility index (Phi) is 6.05. The Morgan fingerprint density at radius 1 is 1.22 bits per heavy atom. The summed E-state index contributed by atoms with van der Waals surface area (Å²) in [5.74, 6) is -1.54. The largest absolute Gasteiger partial charge is 0.466 e. The second kappa shape index (κ2) is 6.54. The van der Waals surface area contributed by atoms with E-state index < -0.39 is 23.1 Å². The van der Waals surface area contributed by atoms with Crippen LogP contribution in [-0.4, -0.2) is 36.9 Å². The summed E-state index contributed by atoms with van der Waals surface area (Å²) in [5, 5.41) is 0. The van der Waals surface area contributed by atoms with Crippen LogP contribution in [0.4, 0.5) is 0 Å². The van der Waals surface area contributed by atoms with E-state index in [0.29, 0.717) is 6.42 Å². The first-order valence-corrected chi connectivity index (χ1v) is 5.80. The first-order valence-electron chi connectivity index (χ1n) is 5.80. The van der Waals surface area contributed by atoms with Crippen LogP contribution in [0.3, 0.4) is 0 Å². The minimum atomic E-state index is -1.77. The maximum Gasteiger partial charge on any atom is 0.350 e. The van der Waals surface area contributed by atoms with Crippen LogP contribution in [0.15, 0.2) is 12.7 Å². The van der Waals surface area contributed by atoms with Crippen molar-refractivity contribution in [2.75, 3.05) is 13.7 Å². The van der Waals surface area contributed by atoms with Gasteiger partial charge in [0.1, 0.15) is 0 Å². The van der Waals surface area contributed by atoms with E-state index in [4.69, 9.17) is 9.47 Å². The Bertz CT molecular complexity index is 321. The van der Waals surface area contributed by atoms with Crippen LogP contribution < -0.4 is 0 Å². The highest BCUT2D eigenvalue weighted by Gasteiger charge is 2.48. The summed E-state index contributed by atoms with van der Waals surface area (Å²) in [6, 6.07) is 0. The zero-order chi connectivity index (χ0) is 14.4. The molecule has 0 fully saturated rings. The van der Waals surface area contributed by atoms with Gasteiger partial charge in [-0.05, 0) is 34.1 Å². The molecule has 0 saturated carbocycles. The molecule has 0 aromatic carbocycles. The average molecular weight is 258 g/mol. The van der Waals surface area contributed by atoms with Crippen LogP contribution in [0.1, 0.15) is 34.1 Å². The Morgan fingerprint density at radius 3 is 2.17 bits per heavy atom. The maximum absolute atomic E-state index is 11.9. The molecule has 0 amide bonds. The summed E-state index contributed by atoms with van der Waals surface area (Å²) in [7, 11) is 1.20. The van der Waals surface area contributed by atoms with Crippen molar-refractivity contribution in [3.63, 3.8) is 0 Å². The lowest BCUT2D eigenvalue weighted by Crippen LogP contribution is -2.52. The number of hydrogen-bond donors (Lipinski definition) is 0. The third-order valence-electron chi connectivity index (χ3n) is 2.36. The fraction of sp³-hybridized carbons (Fsp3) is 0.692. The molecule has 0 aromatic heterocycles. The zero-order valence-corrected chi connectivity index (χ0v) is 11.7. The molecule has 0 radical (unpaired) electrons. The van der Waals surface area contributed by atoms with Crippen molar-refractivity contribution in [2.45, 2.75) is 45.3 Å². The van der Waals surface area contributed by atoms with Crippen molar-refractivity contribution in [2.24, 2.45) is 0 Å². The van der Waals surface area contributed by atoms with Crippen molar-refractivity contribution in [1.29, 1.82) is 0 Å². The molecular formula is C13H22O5. The lowest BCUT2D eigenvalue weighted by molar-refractivity contribution is -0.203. The second-order valence-electron chi connectivity index (χ2n) is 4.60. The fourth-order valence-electron chi connectivity index (χ4n) is 1.57. The first kappa shape index (κ1) is 16.6. The SMILES string of the molecule is C=CCC(C)(C)OC(C)(C(=O)OC)C(=O)OCC. The van der Waals surface area contributed by atoms with E-state index in [-0.39, 0.29) is 6.61 Å². The van der Waals surface area contributed by atoms with Gasteiger partial charge in [-0.1, -0.05) is 6.08 Å². The number of rotatable bonds is 7. The van der Waals surface area contributed by atoms with Crippen LogP contribution in [-0.2, 0) is 23.8 Å². The van der Waals surface area contributed by atoms with Gasteiger partial charge in [-0.3, -0.25) is 0 Å². The molecule has 18 heavy (non-hydrogen) atoms. The van der Waals surface area contributed by atoms with Crippen LogP contribution in [0.2, 0.25) is 0 Å². The van der Waals surface area contributed by atoms with E-state index in [2.05, 4.69) is 11.3 Å². The number of carbonyl (C=O) groups excluding carboxylic acids is 2. The van der Waals surface area contributed by atoms with Gasteiger partial charge in [0, 0.05) is 0 Å². The lowest BCUT2D eigenvalue weighted by atomic mass is 10.0. The van der Waals surface area contributed by atoms with Crippen LogP contribution in [0.25, 0.3) is 0 Å². The standard InChI is InChI=1S/C13H22O5/c1-7-9-12(3,4)18-13(5,10(14)16-6)11(15)17-8-2/h7H,1,8-9H2,2-6H3. The van der Waals surface area contributed by atoms with Gasteiger partial charge in [0.05, 0.1) is 19.3 Å². The van der Waals surface area contributed by atoms with Crippen molar-refractivity contribution in [3.05, 3.63) is 12.7 Å². The molecule has 0 aliphatic rings.